The van der Waals surface area contributed by atoms with E-state index in [-0.39, 0.29) is 11.8 Å². The monoisotopic (exact) mass is 211 g/mol. The predicted molar refractivity (Wildman–Crippen MR) is 63.5 cm³/mol. The first-order chi connectivity index (χ1) is 7.06. The molecule has 0 radical (unpaired) electrons. The van der Waals surface area contributed by atoms with Gasteiger partial charge in [-0.05, 0) is 37.5 Å². The van der Waals surface area contributed by atoms with E-state index in [1.807, 2.05) is 6.92 Å². The highest BCUT2D eigenvalue weighted by atomic mass is 16.1. The Morgan fingerprint density at radius 3 is 2.60 bits per heavy atom. The van der Waals surface area contributed by atoms with Crippen molar-refractivity contribution in [2.75, 3.05) is 6.54 Å². The normalized spacial score (nSPS) is 31.7. The molecule has 1 rings (SSSR count). The summed E-state index contributed by atoms with van der Waals surface area (Å²) in [6.45, 7) is 9.51. The smallest absolute Gasteiger partial charge is 0.223 e. The van der Waals surface area contributed by atoms with Crippen molar-refractivity contribution < 1.29 is 4.79 Å². The Morgan fingerprint density at radius 1 is 1.40 bits per heavy atom. The highest BCUT2D eigenvalue weighted by Crippen LogP contribution is 2.37. The van der Waals surface area contributed by atoms with Gasteiger partial charge in [-0.25, -0.2) is 0 Å². The Bertz CT molecular complexity index is 213. The number of hydrogen-bond donors (Lipinski definition) is 1. The lowest BCUT2D eigenvalue weighted by Gasteiger charge is -2.36. The molecule has 15 heavy (non-hydrogen) atoms. The van der Waals surface area contributed by atoms with Gasteiger partial charge in [0.15, 0.2) is 0 Å². The summed E-state index contributed by atoms with van der Waals surface area (Å²) in [5.41, 5.74) is 0. The summed E-state index contributed by atoms with van der Waals surface area (Å²) in [5.74, 6) is 2.47. The van der Waals surface area contributed by atoms with Gasteiger partial charge in [0.2, 0.25) is 5.91 Å². The van der Waals surface area contributed by atoms with Crippen molar-refractivity contribution >= 4 is 5.91 Å². The lowest BCUT2D eigenvalue weighted by atomic mass is 9.70. The highest BCUT2D eigenvalue weighted by Gasteiger charge is 2.34. The first kappa shape index (κ1) is 12.5. The molecule has 2 nitrogen and oxygen atoms in total. The zero-order valence-electron chi connectivity index (χ0n) is 10.5. The second kappa shape index (κ2) is 5.53. The Labute approximate surface area is 93.8 Å². The minimum absolute atomic E-state index is 0.258. The summed E-state index contributed by atoms with van der Waals surface area (Å²) >= 11 is 0. The van der Waals surface area contributed by atoms with Gasteiger partial charge in [-0.3, -0.25) is 4.79 Å². The Hall–Kier alpha value is -0.530. The maximum Gasteiger partial charge on any atom is 0.223 e. The van der Waals surface area contributed by atoms with E-state index in [1.165, 1.54) is 12.8 Å². The number of rotatable bonds is 3. The zero-order chi connectivity index (χ0) is 11.4. The number of hydrogen-bond acceptors (Lipinski definition) is 1. The maximum atomic E-state index is 11.9. The van der Waals surface area contributed by atoms with Gasteiger partial charge in [0.25, 0.3) is 0 Å². The zero-order valence-corrected chi connectivity index (χ0v) is 10.5. The van der Waals surface area contributed by atoms with Crippen molar-refractivity contribution in [2.45, 2.75) is 47.0 Å². The molecule has 0 bridgehead atoms. The topological polar surface area (TPSA) is 29.1 Å². The van der Waals surface area contributed by atoms with Crippen molar-refractivity contribution in [3.63, 3.8) is 0 Å². The van der Waals surface area contributed by atoms with E-state index < -0.39 is 0 Å². The van der Waals surface area contributed by atoms with Gasteiger partial charge in [0.05, 0.1) is 0 Å². The summed E-state index contributed by atoms with van der Waals surface area (Å²) in [4.78, 5) is 11.9. The standard InChI is InChI=1S/C13H25NO/c1-5-14-13(15)12-8-10(4)6-7-11(12)9(2)3/h9-12H,5-8H2,1-4H3,(H,14,15)/t10-,11?,12+/m1/s1. The van der Waals surface area contributed by atoms with Gasteiger partial charge in [0.1, 0.15) is 0 Å². The molecule has 2 heteroatoms. The first-order valence-corrected chi connectivity index (χ1v) is 6.34. The van der Waals surface area contributed by atoms with Gasteiger partial charge >= 0.3 is 0 Å². The largest absolute Gasteiger partial charge is 0.356 e. The molecule has 1 aliphatic rings. The van der Waals surface area contributed by atoms with Crippen LogP contribution in [0.3, 0.4) is 0 Å². The molecule has 1 amide bonds. The predicted octanol–water partition coefficient (Wildman–Crippen LogP) is 2.83. The molecule has 1 saturated carbocycles. The third-order valence-corrected chi connectivity index (χ3v) is 3.71. The maximum absolute atomic E-state index is 11.9. The third kappa shape index (κ3) is 3.22. The van der Waals surface area contributed by atoms with Crippen LogP contribution in [-0.4, -0.2) is 12.5 Å². The van der Waals surface area contributed by atoms with Crippen LogP contribution in [0.1, 0.15) is 47.0 Å². The fraction of sp³-hybridized carbons (Fsp3) is 0.923. The molecule has 1 unspecified atom stereocenters. The summed E-state index contributed by atoms with van der Waals surface area (Å²) in [7, 11) is 0. The fourth-order valence-corrected chi connectivity index (χ4v) is 2.81. The lowest BCUT2D eigenvalue weighted by Crippen LogP contribution is -2.40. The van der Waals surface area contributed by atoms with Crippen LogP contribution in [-0.2, 0) is 4.79 Å². The molecule has 0 aromatic rings. The molecule has 1 N–H and O–H groups in total. The van der Waals surface area contributed by atoms with Gasteiger partial charge in [-0.1, -0.05) is 27.2 Å². The van der Waals surface area contributed by atoms with Gasteiger partial charge in [-0.15, -0.1) is 0 Å². The van der Waals surface area contributed by atoms with Crippen molar-refractivity contribution in [1.29, 1.82) is 0 Å². The summed E-state index contributed by atoms with van der Waals surface area (Å²) in [6, 6.07) is 0. The van der Waals surface area contributed by atoms with E-state index in [0.717, 1.165) is 13.0 Å². The van der Waals surface area contributed by atoms with Crippen LogP contribution in [0.5, 0.6) is 0 Å². The van der Waals surface area contributed by atoms with Crippen LogP contribution < -0.4 is 5.32 Å². The second-order valence-electron chi connectivity index (χ2n) is 5.33. The van der Waals surface area contributed by atoms with E-state index >= 15 is 0 Å². The van der Waals surface area contributed by atoms with Crippen LogP contribution in [0.4, 0.5) is 0 Å². The summed E-state index contributed by atoms with van der Waals surface area (Å²) in [5, 5.41) is 2.98. The molecule has 0 aliphatic heterocycles. The van der Waals surface area contributed by atoms with Gasteiger partial charge in [-0.2, -0.15) is 0 Å². The Morgan fingerprint density at radius 2 is 2.07 bits per heavy atom. The summed E-state index contributed by atoms with van der Waals surface area (Å²) in [6.07, 6.45) is 3.59. The van der Waals surface area contributed by atoms with E-state index in [9.17, 15) is 4.79 Å². The van der Waals surface area contributed by atoms with Crippen molar-refractivity contribution in [3.05, 3.63) is 0 Å². The van der Waals surface area contributed by atoms with E-state index in [1.54, 1.807) is 0 Å². The molecule has 0 aromatic heterocycles. The lowest BCUT2D eigenvalue weighted by molar-refractivity contribution is -0.129. The molecule has 1 fully saturated rings. The van der Waals surface area contributed by atoms with E-state index in [4.69, 9.17) is 0 Å². The van der Waals surface area contributed by atoms with Gasteiger partial charge < -0.3 is 5.32 Å². The van der Waals surface area contributed by atoms with Crippen molar-refractivity contribution in [3.8, 4) is 0 Å². The Balaban J connectivity index is 2.65. The number of carbonyl (C=O) groups is 1. The quantitative estimate of drug-likeness (QED) is 0.764. The minimum Gasteiger partial charge on any atom is -0.356 e. The molecular weight excluding hydrogens is 186 g/mol. The van der Waals surface area contributed by atoms with E-state index in [0.29, 0.717) is 17.8 Å². The first-order valence-electron chi connectivity index (χ1n) is 6.34. The Kier molecular flexibility index (Phi) is 4.62. The number of nitrogens with one attached hydrogen (secondary N) is 1. The molecular formula is C13H25NO. The van der Waals surface area contributed by atoms with Crippen LogP contribution in [0.25, 0.3) is 0 Å². The fourth-order valence-electron chi connectivity index (χ4n) is 2.81. The average molecular weight is 211 g/mol. The third-order valence-electron chi connectivity index (χ3n) is 3.71. The molecule has 0 saturated heterocycles. The molecule has 0 spiro atoms. The van der Waals surface area contributed by atoms with Crippen LogP contribution >= 0.6 is 0 Å². The number of carbonyl (C=O) groups excluding carboxylic acids is 1. The SMILES string of the molecule is CCNC(=O)[C@H]1C[C@H](C)CCC1C(C)C. The molecule has 0 heterocycles. The molecule has 0 aromatic carbocycles. The second-order valence-corrected chi connectivity index (χ2v) is 5.33. The van der Waals surface area contributed by atoms with Gasteiger partial charge in [0, 0.05) is 12.5 Å². The summed E-state index contributed by atoms with van der Waals surface area (Å²) < 4.78 is 0. The van der Waals surface area contributed by atoms with Crippen LogP contribution in [0, 0.1) is 23.7 Å². The minimum atomic E-state index is 0.258. The highest BCUT2D eigenvalue weighted by molar-refractivity contribution is 5.79. The molecule has 1 aliphatic carbocycles. The van der Waals surface area contributed by atoms with Crippen LogP contribution in [0.15, 0.2) is 0 Å². The number of amides is 1. The molecule has 3 atom stereocenters. The average Bonchev–Trinajstić information content (AvgIpc) is 2.17. The van der Waals surface area contributed by atoms with Crippen LogP contribution in [0.2, 0.25) is 0 Å². The van der Waals surface area contributed by atoms with E-state index in [2.05, 4.69) is 26.1 Å². The molecule has 88 valence electrons. The van der Waals surface area contributed by atoms with Crippen molar-refractivity contribution in [2.24, 2.45) is 23.7 Å². The van der Waals surface area contributed by atoms with Crippen molar-refractivity contribution in [1.82, 2.24) is 5.32 Å².